The van der Waals surface area contributed by atoms with Crippen molar-refractivity contribution < 1.29 is 19.1 Å². The predicted octanol–water partition coefficient (Wildman–Crippen LogP) is 1.61. The molecule has 0 atom stereocenters. The molecular weight excluding hydrogens is 348 g/mol. The number of nitrogens with one attached hydrogen (secondary N) is 1. The van der Waals surface area contributed by atoms with E-state index in [1.165, 1.54) is 0 Å². The number of aromatic nitrogens is 1. The lowest BCUT2D eigenvalue weighted by atomic mass is 10.1. The molecule has 0 fully saturated rings. The number of amides is 2. The number of hydrogen-bond acceptors (Lipinski definition) is 6. The average molecular weight is 366 g/mol. The van der Waals surface area contributed by atoms with Gasteiger partial charge >= 0.3 is 0 Å². The zero-order valence-electron chi connectivity index (χ0n) is 14.6. The van der Waals surface area contributed by atoms with E-state index in [1.54, 1.807) is 11.1 Å². The Morgan fingerprint density at radius 1 is 1.11 bits per heavy atom. The van der Waals surface area contributed by atoms with E-state index in [2.05, 4.69) is 15.5 Å². The van der Waals surface area contributed by atoms with Gasteiger partial charge in [0.1, 0.15) is 5.71 Å². The molecule has 1 aromatic heterocycles. The van der Waals surface area contributed by atoms with Crippen molar-refractivity contribution in [3.8, 4) is 11.5 Å². The molecule has 1 N–H and O–H groups in total. The second-order valence-corrected chi connectivity index (χ2v) is 6.26. The minimum absolute atomic E-state index is 0.182. The molecule has 8 nitrogen and oxygen atoms in total. The minimum Gasteiger partial charge on any atom is -0.454 e. The van der Waals surface area contributed by atoms with Crippen molar-refractivity contribution >= 4 is 17.5 Å². The number of carbonyl (C=O) groups excluding carboxylic acids is 2. The fourth-order valence-corrected chi connectivity index (χ4v) is 2.96. The summed E-state index contributed by atoms with van der Waals surface area (Å²) in [6, 6.07) is 11.2. The molecule has 0 saturated carbocycles. The Morgan fingerprint density at radius 2 is 2.00 bits per heavy atom. The van der Waals surface area contributed by atoms with Gasteiger partial charge in [-0.2, -0.15) is 5.10 Å². The number of ether oxygens (including phenoxy) is 2. The number of fused-ring (bicyclic) bond motifs is 1. The van der Waals surface area contributed by atoms with Crippen LogP contribution >= 0.6 is 0 Å². The van der Waals surface area contributed by atoms with Gasteiger partial charge in [-0.05, 0) is 29.8 Å². The van der Waals surface area contributed by atoms with Crippen molar-refractivity contribution in [2.75, 3.05) is 6.79 Å². The first-order chi connectivity index (χ1) is 13.2. The lowest BCUT2D eigenvalue weighted by Gasteiger charge is -2.24. The molecule has 8 heteroatoms. The quantitative estimate of drug-likeness (QED) is 0.868. The fourth-order valence-electron chi connectivity index (χ4n) is 2.96. The lowest BCUT2D eigenvalue weighted by molar-refractivity contribution is -0.125. The molecule has 2 aliphatic rings. The summed E-state index contributed by atoms with van der Waals surface area (Å²) in [5.41, 5.74) is 4.39. The Bertz CT molecular complexity index is 898. The Kier molecular flexibility index (Phi) is 4.69. The highest BCUT2D eigenvalue weighted by molar-refractivity contribution is 6.39. The fraction of sp³-hybridized carbons (Fsp3) is 0.263. The van der Waals surface area contributed by atoms with Crippen LogP contribution in [-0.4, -0.2) is 34.2 Å². The van der Waals surface area contributed by atoms with Crippen LogP contribution in [0.5, 0.6) is 11.5 Å². The molecule has 3 heterocycles. The Balaban J connectivity index is 1.57. The standard InChI is InChI=1S/C19H18N4O4/c24-18-7-5-15(21-22-18)19(25)23(11-14-3-1-2-8-20-14)10-13-4-6-16-17(9-13)27-12-26-16/h1-4,6,8-9H,5,7,10-12H2,(H,22,24). The first-order valence-corrected chi connectivity index (χ1v) is 8.62. The summed E-state index contributed by atoms with van der Waals surface area (Å²) >= 11 is 0. The van der Waals surface area contributed by atoms with E-state index < -0.39 is 0 Å². The molecule has 27 heavy (non-hydrogen) atoms. The van der Waals surface area contributed by atoms with Crippen LogP contribution in [0.4, 0.5) is 0 Å². The highest BCUT2D eigenvalue weighted by atomic mass is 16.7. The van der Waals surface area contributed by atoms with Gasteiger partial charge in [-0.3, -0.25) is 14.6 Å². The van der Waals surface area contributed by atoms with E-state index in [-0.39, 0.29) is 25.0 Å². The molecule has 0 bridgehead atoms. The summed E-state index contributed by atoms with van der Waals surface area (Å²) in [6.07, 6.45) is 2.27. The number of nitrogens with zero attached hydrogens (tertiary/aromatic N) is 3. The van der Waals surface area contributed by atoms with E-state index in [4.69, 9.17) is 9.47 Å². The topological polar surface area (TPSA) is 93.1 Å². The van der Waals surface area contributed by atoms with Crippen LogP contribution in [0.1, 0.15) is 24.1 Å². The largest absolute Gasteiger partial charge is 0.454 e. The van der Waals surface area contributed by atoms with Crippen molar-refractivity contribution in [3.63, 3.8) is 0 Å². The number of carbonyl (C=O) groups is 2. The number of hydrazone groups is 1. The number of rotatable bonds is 5. The van der Waals surface area contributed by atoms with Crippen LogP contribution in [-0.2, 0) is 22.7 Å². The van der Waals surface area contributed by atoms with Gasteiger partial charge in [-0.1, -0.05) is 12.1 Å². The Labute approximate surface area is 155 Å². The smallest absolute Gasteiger partial charge is 0.270 e. The van der Waals surface area contributed by atoms with Gasteiger partial charge in [0.25, 0.3) is 5.91 Å². The number of pyridine rings is 1. The SMILES string of the molecule is O=C1CCC(C(=O)N(Cc2ccc3c(c2)OCO3)Cc2ccccn2)=NN1. The van der Waals surface area contributed by atoms with Gasteiger partial charge in [0, 0.05) is 25.6 Å². The Morgan fingerprint density at radius 3 is 2.78 bits per heavy atom. The molecule has 0 unspecified atom stereocenters. The van der Waals surface area contributed by atoms with Crippen molar-refractivity contribution in [2.24, 2.45) is 5.10 Å². The summed E-state index contributed by atoms with van der Waals surface area (Å²) in [7, 11) is 0. The summed E-state index contributed by atoms with van der Waals surface area (Å²) in [5.74, 6) is 0.956. The number of hydrogen-bond donors (Lipinski definition) is 1. The monoisotopic (exact) mass is 366 g/mol. The van der Waals surface area contributed by atoms with Crippen molar-refractivity contribution in [1.29, 1.82) is 0 Å². The van der Waals surface area contributed by atoms with E-state index in [9.17, 15) is 9.59 Å². The van der Waals surface area contributed by atoms with Gasteiger partial charge < -0.3 is 14.4 Å². The van der Waals surface area contributed by atoms with Crippen LogP contribution in [0.2, 0.25) is 0 Å². The molecular formula is C19H18N4O4. The first-order valence-electron chi connectivity index (χ1n) is 8.62. The highest BCUT2D eigenvalue weighted by Gasteiger charge is 2.25. The molecule has 0 saturated heterocycles. The maximum absolute atomic E-state index is 13.0. The van der Waals surface area contributed by atoms with E-state index >= 15 is 0 Å². The summed E-state index contributed by atoms with van der Waals surface area (Å²) in [4.78, 5) is 30.3. The maximum atomic E-state index is 13.0. The normalized spacial score (nSPS) is 15.1. The van der Waals surface area contributed by atoms with Crippen molar-refractivity contribution in [2.45, 2.75) is 25.9 Å². The second-order valence-electron chi connectivity index (χ2n) is 6.26. The van der Waals surface area contributed by atoms with E-state index in [0.717, 1.165) is 11.3 Å². The van der Waals surface area contributed by atoms with Gasteiger partial charge in [-0.15, -0.1) is 0 Å². The summed E-state index contributed by atoms with van der Waals surface area (Å²) in [5, 5.41) is 3.93. The zero-order valence-corrected chi connectivity index (χ0v) is 14.6. The molecule has 1 aromatic carbocycles. The summed E-state index contributed by atoms with van der Waals surface area (Å²) < 4.78 is 10.8. The molecule has 0 radical (unpaired) electrons. The molecule has 0 spiro atoms. The molecule has 2 aliphatic heterocycles. The second kappa shape index (κ2) is 7.45. The third kappa shape index (κ3) is 3.89. The van der Waals surface area contributed by atoms with Crippen LogP contribution in [0.25, 0.3) is 0 Å². The minimum atomic E-state index is -0.224. The maximum Gasteiger partial charge on any atom is 0.270 e. The molecule has 4 rings (SSSR count). The van der Waals surface area contributed by atoms with Gasteiger partial charge in [0.05, 0.1) is 12.2 Å². The van der Waals surface area contributed by atoms with Crippen LogP contribution in [0.3, 0.4) is 0 Å². The summed E-state index contributed by atoms with van der Waals surface area (Å²) in [6.45, 7) is 0.895. The van der Waals surface area contributed by atoms with Crippen molar-refractivity contribution in [3.05, 3.63) is 53.9 Å². The number of benzene rings is 1. The molecule has 2 amide bonds. The van der Waals surface area contributed by atoms with Gasteiger partial charge in [-0.25, -0.2) is 5.43 Å². The average Bonchev–Trinajstić information content (AvgIpc) is 3.16. The van der Waals surface area contributed by atoms with Crippen LogP contribution in [0.15, 0.2) is 47.7 Å². The van der Waals surface area contributed by atoms with Gasteiger partial charge in [0.2, 0.25) is 12.7 Å². The van der Waals surface area contributed by atoms with Crippen molar-refractivity contribution in [1.82, 2.24) is 15.3 Å². The van der Waals surface area contributed by atoms with E-state index in [0.29, 0.717) is 36.7 Å². The first kappa shape index (κ1) is 17.0. The Hall–Kier alpha value is -3.42. The third-order valence-corrected chi connectivity index (χ3v) is 4.33. The molecule has 0 aliphatic carbocycles. The third-order valence-electron chi connectivity index (χ3n) is 4.33. The van der Waals surface area contributed by atoms with Crippen LogP contribution in [0, 0.1) is 0 Å². The van der Waals surface area contributed by atoms with Crippen LogP contribution < -0.4 is 14.9 Å². The predicted molar refractivity (Wildman–Crippen MR) is 95.9 cm³/mol. The zero-order chi connectivity index (χ0) is 18.6. The highest BCUT2D eigenvalue weighted by Crippen LogP contribution is 2.33. The van der Waals surface area contributed by atoms with E-state index in [1.807, 2.05) is 36.4 Å². The van der Waals surface area contributed by atoms with Gasteiger partial charge in [0.15, 0.2) is 11.5 Å². The molecule has 138 valence electrons. The molecule has 2 aromatic rings. The lowest BCUT2D eigenvalue weighted by Crippen LogP contribution is -2.39.